The third-order valence-electron chi connectivity index (χ3n) is 4.23. The topological polar surface area (TPSA) is 108 Å². The van der Waals surface area contributed by atoms with Crippen molar-refractivity contribution in [3.63, 3.8) is 0 Å². The van der Waals surface area contributed by atoms with Gasteiger partial charge >= 0.3 is 5.97 Å². The Morgan fingerprint density at radius 3 is 2.70 bits per heavy atom. The molecule has 8 nitrogen and oxygen atoms in total. The molecule has 2 atom stereocenters. The van der Waals surface area contributed by atoms with Crippen molar-refractivity contribution < 1.29 is 24.0 Å². The first-order chi connectivity index (χ1) is 13.0. The molecule has 0 saturated heterocycles. The van der Waals surface area contributed by atoms with Gasteiger partial charge in [0.1, 0.15) is 18.0 Å². The number of nitrogens with zero attached hydrogens (tertiary/aromatic N) is 1. The van der Waals surface area contributed by atoms with E-state index in [0.29, 0.717) is 6.42 Å². The Bertz CT molecular complexity index is 882. The van der Waals surface area contributed by atoms with Gasteiger partial charge in [-0.2, -0.15) is 0 Å². The molecule has 0 aliphatic carbocycles. The van der Waals surface area contributed by atoms with Gasteiger partial charge < -0.3 is 14.8 Å². The van der Waals surface area contributed by atoms with Crippen molar-refractivity contribution in [2.45, 2.75) is 19.4 Å². The van der Waals surface area contributed by atoms with E-state index < -0.39 is 28.8 Å². The van der Waals surface area contributed by atoms with E-state index in [1.165, 1.54) is 25.1 Å². The maximum absolute atomic E-state index is 12.4. The first kappa shape index (κ1) is 18.4. The van der Waals surface area contributed by atoms with Crippen LogP contribution in [-0.4, -0.2) is 29.5 Å². The largest absolute Gasteiger partial charge is 0.492 e. The summed E-state index contributed by atoms with van der Waals surface area (Å²) >= 11 is 0. The number of amides is 1. The number of para-hydroxylation sites is 3. The zero-order valence-corrected chi connectivity index (χ0v) is 14.6. The second-order valence-electron chi connectivity index (χ2n) is 6.16. The second-order valence-corrected chi connectivity index (χ2v) is 6.16. The van der Waals surface area contributed by atoms with Crippen LogP contribution in [0, 0.1) is 16.0 Å². The van der Waals surface area contributed by atoms with E-state index in [1.54, 1.807) is 6.07 Å². The average Bonchev–Trinajstić information content (AvgIpc) is 2.67. The maximum Gasteiger partial charge on any atom is 0.313 e. The van der Waals surface area contributed by atoms with Crippen LogP contribution < -0.4 is 10.1 Å². The van der Waals surface area contributed by atoms with Crippen LogP contribution in [0.1, 0.15) is 12.5 Å². The number of nitro groups is 1. The molecule has 0 saturated carbocycles. The van der Waals surface area contributed by atoms with Crippen LogP contribution in [0.4, 0.5) is 11.4 Å². The molecule has 3 rings (SSSR count). The number of anilines is 1. The number of hydrogen-bond donors (Lipinski definition) is 1. The molecule has 2 aromatic rings. The highest BCUT2D eigenvalue weighted by atomic mass is 16.6. The van der Waals surface area contributed by atoms with E-state index in [9.17, 15) is 19.7 Å². The van der Waals surface area contributed by atoms with E-state index in [2.05, 4.69) is 5.32 Å². The van der Waals surface area contributed by atoms with Gasteiger partial charge in [-0.3, -0.25) is 19.7 Å². The van der Waals surface area contributed by atoms with Gasteiger partial charge in [0.05, 0.1) is 10.8 Å². The van der Waals surface area contributed by atoms with Crippen LogP contribution in [0.5, 0.6) is 5.75 Å². The monoisotopic (exact) mass is 370 g/mol. The molecule has 2 aromatic carbocycles. The van der Waals surface area contributed by atoms with Crippen LogP contribution >= 0.6 is 0 Å². The van der Waals surface area contributed by atoms with Gasteiger partial charge in [0.2, 0.25) is 0 Å². The van der Waals surface area contributed by atoms with E-state index in [-0.39, 0.29) is 18.0 Å². The minimum Gasteiger partial charge on any atom is -0.492 e. The highest BCUT2D eigenvalue weighted by Gasteiger charge is 2.30. The first-order valence-corrected chi connectivity index (χ1v) is 8.41. The van der Waals surface area contributed by atoms with Crippen LogP contribution in [-0.2, 0) is 20.7 Å². The van der Waals surface area contributed by atoms with E-state index in [4.69, 9.17) is 9.47 Å². The van der Waals surface area contributed by atoms with E-state index >= 15 is 0 Å². The van der Waals surface area contributed by atoms with Gasteiger partial charge in [-0.25, -0.2) is 0 Å². The summed E-state index contributed by atoms with van der Waals surface area (Å²) in [6.45, 7) is 1.59. The molecule has 1 N–H and O–H groups in total. The van der Waals surface area contributed by atoms with Crippen LogP contribution in [0.3, 0.4) is 0 Å². The van der Waals surface area contributed by atoms with Gasteiger partial charge in [0, 0.05) is 6.07 Å². The lowest BCUT2D eigenvalue weighted by molar-refractivity contribution is -0.383. The van der Waals surface area contributed by atoms with Crippen molar-refractivity contribution in [2.24, 2.45) is 5.92 Å². The van der Waals surface area contributed by atoms with Crippen LogP contribution in [0.2, 0.25) is 0 Å². The Labute approximate surface area is 155 Å². The van der Waals surface area contributed by atoms with Gasteiger partial charge in [-0.15, -0.1) is 0 Å². The quantitative estimate of drug-likeness (QED) is 0.492. The molecule has 0 aromatic heterocycles. The lowest BCUT2D eigenvalue weighted by Gasteiger charge is -2.25. The van der Waals surface area contributed by atoms with Crippen molar-refractivity contribution >= 4 is 23.3 Å². The molecule has 0 spiro atoms. The lowest BCUT2D eigenvalue weighted by atomic mass is 9.97. The molecule has 0 radical (unpaired) electrons. The summed E-state index contributed by atoms with van der Waals surface area (Å²) in [6.07, 6.45) is -0.637. The summed E-state index contributed by atoms with van der Waals surface area (Å²) in [4.78, 5) is 35.0. The standard InChI is InChI=1S/C19H18N2O6/c1-12(18(22)20-15-7-3-4-8-16(15)21(24)25)27-19(23)14-10-13-6-2-5-9-17(13)26-11-14/h2-9,12,14H,10-11H2,1H3,(H,20,22). The lowest BCUT2D eigenvalue weighted by Crippen LogP contribution is -2.36. The molecule has 1 amide bonds. The van der Waals surface area contributed by atoms with Gasteiger partial charge in [-0.1, -0.05) is 30.3 Å². The number of carbonyl (C=O) groups excluding carboxylic acids is 2. The number of nitro benzene ring substituents is 1. The molecule has 1 aliphatic rings. The number of esters is 1. The normalized spacial score (nSPS) is 16.4. The molecule has 1 aliphatic heterocycles. The van der Waals surface area contributed by atoms with Crippen molar-refractivity contribution in [3.8, 4) is 5.75 Å². The number of rotatable bonds is 5. The smallest absolute Gasteiger partial charge is 0.313 e. The number of carbonyl (C=O) groups is 2. The van der Waals surface area contributed by atoms with Crippen LogP contribution in [0.25, 0.3) is 0 Å². The number of ether oxygens (including phenoxy) is 2. The molecule has 27 heavy (non-hydrogen) atoms. The maximum atomic E-state index is 12.4. The predicted molar refractivity (Wildman–Crippen MR) is 96.4 cm³/mol. The fourth-order valence-electron chi connectivity index (χ4n) is 2.78. The highest BCUT2D eigenvalue weighted by Crippen LogP contribution is 2.28. The van der Waals surface area contributed by atoms with Crippen molar-refractivity contribution in [1.29, 1.82) is 0 Å². The average molecular weight is 370 g/mol. The number of hydrogen-bond acceptors (Lipinski definition) is 6. The Morgan fingerprint density at radius 1 is 1.22 bits per heavy atom. The zero-order chi connectivity index (χ0) is 19.4. The fraction of sp³-hybridized carbons (Fsp3) is 0.263. The zero-order valence-electron chi connectivity index (χ0n) is 14.6. The number of benzene rings is 2. The molecular weight excluding hydrogens is 352 g/mol. The first-order valence-electron chi connectivity index (χ1n) is 8.41. The highest BCUT2D eigenvalue weighted by molar-refractivity contribution is 5.97. The predicted octanol–water partition coefficient (Wildman–Crippen LogP) is 2.72. The number of fused-ring (bicyclic) bond motifs is 1. The summed E-state index contributed by atoms with van der Waals surface area (Å²) in [6, 6.07) is 13.2. The molecule has 8 heteroatoms. The summed E-state index contributed by atoms with van der Waals surface area (Å²) in [7, 11) is 0. The van der Waals surface area contributed by atoms with E-state index in [0.717, 1.165) is 11.3 Å². The van der Waals surface area contributed by atoms with E-state index in [1.807, 2.05) is 24.3 Å². The fourth-order valence-corrected chi connectivity index (χ4v) is 2.78. The molecule has 140 valence electrons. The summed E-state index contributed by atoms with van der Waals surface area (Å²) < 4.78 is 10.8. The van der Waals surface area contributed by atoms with Crippen LogP contribution in [0.15, 0.2) is 48.5 Å². The van der Waals surface area contributed by atoms with Gasteiger partial charge in [0.15, 0.2) is 6.10 Å². The van der Waals surface area contributed by atoms with Crippen molar-refractivity contribution in [1.82, 2.24) is 0 Å². The summed E-state index contributed by atoms with van der Waals surface area (Å²) in [5.74, 6) is -0.963. The minimum absolute atomic E-state index is 0.0466. The third kappa shape index (κ3) is 4.22. The molecule has 0 fully saturated rings. The second kappa shape index (κ2) is 7.86. The molecule has 1 heterocycles. The molecular formula is C19H18N2O6. The Balaban J connectivity index is 1.60. The van der Waals surface area contributed by atoms with Gasteiger partial charge in [-0.05, 0) is 31.0 Å². The molecule has 2 unspecified atom stereocenters. The Hall–Kier alpha value is -3.42. The SMILES string of the molecule is CC(OC(=O)C1COc2ccccc2C1)C(=O)Nc1ccccc1[N+](=O)[O-]. The molecule has 0 bridgehead atoms. The Morgan fingerprint density at radius 2 is 1.93 bits per heavy atom. The van der Waals surface area contributed by atoms with Gasteiger partial charge in [0.25, 0.3) is 11.6 Å². The van der Waals surface area contributed by atoms with Crippen molar-refractivity contribution in [2.75, 3.05) is 11.9 Å². The third-order valence-corrected chi connectivity index (χ3v) is 4.23. The minimum atomic E-state index is -1.10. The summed E-state index contributed by atoms with van der Waals surface area (Å²) in [5, 5.41) is 13.4. The Kier molecular flexibility index (Phi) is 5.35. The van der Waals surface area contributed by atoms with Crippen molar-refractivity contribution in [3.05, 3.63) is 64.2 Å². The number of nitrogens with one attached hydrogen (secondary N) is 1. The summed E-state index contributed by atoms with van der Waals surface area (Å²) in [5.41, 5.74) is 0.717.